The highest BCUT2D eigenvalue weighted by atomic mass is 16.6. The van der Waals surface area contributed by atoms with Crippen LogP contribution in [0.25, 0.3) is 0 Å². The molecule has 0 bridgehead atoms. The van der Waals surface area contributed by atoms with Gasteiger partial charge >= 0.3 is 0 Å². The van der Waals surface area contributed by atoms with Crippen molar-refractivity contribution < 1.29 is 28.8 Å². The van der Waals surface area contributed by atoms with E-state index >= 15 is 0 Å². The average Bonchev–Trinajstić information content (AvgIpc) is 2.71. The summed E-state index contributed by atoms with van der Waals surface area (Å²) in [6, 6.07) is 12.0. The van der Waals surface area contributed by atoms with Gasteiger partial charge in [0.1, 0.15) is 36.1 Å². The van der Waals surface area contributed by atoms with Crippen LogP contribution in [0.15, 0.2) is 52.7 Å². The molecule has 2 aromatic carbocycles. The molecule has 2 aromatic rings. The lowest BCUT2D eigenvalue weighted by Gasteiger charge is -2.10. The second-order valence-electron chi connectivity index (χ2n) is 5.85. The zero-order chi connectivity index (χ0) is 19.4. The molecule has 1 N–H and O–H groups in total. The molecule has 1 aliphatic heterocycles. The molecule has 0 amide bonds. The molecule has 8 nitrogen and oxygen atoms in total. The predicted octanol–water partition coefficient (Wildman–Crippen LogP) is 3.63. The SMILES string of the molecule is Oc1ccc2c(c1)OCCOCCOCCOCCOc1ccccc1N=N2. The highest BCUT2D eigenvalue weighted by Crippen LogP contribution is 2.34. The van der Waals surface area contributed by atoms with Gasteiger partial charge in [-0.1, -0.05) is 12.1 Å². The summed E-state index contributed by atoms with van der Waals surface area (Å²) in [6.07, 6.45) is 0. The number of fused-ring (bicyclic) bond motifs is 2. The number of para-hydroxylation sites is 1. The number of aromatic hydroxyl groups is 1. The lowest BCUT2D eigenvalue weighted by atomic mass is 10.3. The number of hydrogen-bond acceptors (Lipinski definition) is 8. The van der Waals surface area contributed by atoms with Crippen molar-refractivity contribution in [3.05, 3.63) is 42.5 Å². The molecule has 0 radical (unpaired) electrons. The molecule has 8 heteroatoms. The summed E-state index contributed by atoms with van der Waals surface area (Å²) in [6.45, 7) is 3.49. The second-order valence-corrected chi connectivity index (χ2v) is 5.85. The Balaban J connectivity index is 1.76. The van der Waals surface area contributed by atoms with Gasteiger partial charge in [0.05, 0.1) is 39.6 Å². The molecule has 0 unspecified atom stereocenters. The van der Waals surface area contributed by atoms with Crippen molar-refractivity contribution in [2.75, 3.05) is 52.9 Å². The van der Waals surface area contributed by atoms with Crippen LogP contribution in [0.2, 0.25) is 0 Å². The van der Waals surface area contributed by atoms with Crippen LogP contribution in [0.1, 0.15) is 0 Å². The third-order valence-corrected chi connectivity index (χ3v) is 3.79. The molecular formula is C20H24N2O6. The highest BCUT2D eigenvalue weighted by molar-refractivity contribution is 5.56. The maximum atomic E-state index is 9.74. The normalized spacial score (nSPS) is 17.0. The van der Waals surface area contributed by atoms with Crippen LogP contribution in [0.3, 0.4) is 0 Å². The summed E-state index contributed by atoms with van der Waals surface area (Å²) in [5.74, 6) is 1.12. The van der Waals surface area contributed by atoms with Crippen LogP contribution in [0, 0.1) is 0 Å². The molecule has 150 valence electrons. The maximum Gasteiger partial charge on any atom is 0.150 e. The monoisotopic (exact) mass is 388 g/mol. The average molecular weight is 388 g/mol. The van der Waals surface area contributed by atoms with Crippen molar-refractivity contribution in [3.8, 4) is 17.2 Å². The van der Waals surface area contributed by atoms with Crippen LogP contribution in [-0.4, -0.2) is 58.0 Å². The van der Waals surface area contributed by atoms with E-state index in [0.29, 0.717) is 75.7 Å². The van der Waals surface area contributed by atoms with E-state index in [9.17, 15) is 5.11 Å². The summed E-state index contributed by atoms with van der Waals surface area (Å²) in [4.78, 5) is 0. The van der Waals surface area contributed by atoms with Crippen LogP contribution >= 0.6 is 0 Å². The van der Waals surface area contributed by atoms with Crippen molar-refractivity contribution in [3.63, 3.8) is 0 Å². The first-order valence-electron chi connectivity index (χ1n) is 9.15. The molecule has 0 aliphatic carbocycles. The molecule has 3 rings (SSSR count). The van der Waals surface area contributed by atoms with E-state index in [1.54, 1.807) is 6.07 Å². The van der Waals surface area contributed by atoms with Gasteiger partial charge in [-0.15, -0.1) is 10.2 Å². The summed E-state index contributed by atoms with van der Waals surface area (Å²) in [5, 5.41) is 18.3. The van der Waals surface area contributed by atoms with Gasteiger partial charge in [0.15, 0.2) is 5.75 Å². The molecule has 28 heavy (non-hydrogen) atoms. The third-order valence-electron chi connectivity index (χ3n) is 3.79. The predicted molar refractivity (Wildman–Crippen MR) is 102 cm³/mol. The molecule has 1 heterocycles. The summed E-state index contributed by atoms with van der Waals surface area (Å²) in [7, 11) is 0. The summed E-state index contributed by atoms with van der Waals surface area (Å²) in [5.41, 5.74) is 1.09. The Bertz CT molecular complexity index is 768. The number of ether oxygens (including phenoxy) is 5. The van der Waals surface area contributed by atoms with Gasteiger partial charge in [-0.2, -0.15) is 0 Å². The fraction of sp³-hybridized carbons (Fsp3) is 0.400. The number of benzene rings is 2. The van der Waals surface area contributed by atoms with Gasteiger partial charge in [-0.05, 0) is 24.3 Å². The van der Waals surface area contributed by atoms with E-state index in [1.807, 2.05) is 24.3 Å². The second kappa shape index (κ2) is 11.2. The molecule has 0 atom stereocenters. The van der Waals surface area contributed by atoms with E-state index in [1.165, 1.54) is 12.1 Å². The number of azo groups is 1. The summed E-state index contributed by atoms with van der Waals surface area (Å²) >= 11 is 0. The zero-order valence-corrected chi connectivity index (χ0v) is 15.6. The Kier molecular flexibility index (Phi) is 8.05. The number of phenols is 1. The van der Waals surface area contributed by atoms with Crippen LogP contribution in [0.4, 0.5) is 11.4 Å². The first-order chi connectivity index (χ1) is 13.8. The van der Waals surface area contributed by atoms with Crippen LogP contribution < -0.4 is 9.47 Å². The van der Waals surface area contributed by atoms with Gasteiger partial charge in [0.25, 0.3) is 0 Å². The van der Waals surface area contributed by atoms with Crippen molar-refractivity contribution >= 4 is 11.4 Å². The number of phenolic OH excluding ortho intramolecular Hbond substituents is 1. The fourth-order valence-corrected chi connectivity index (χ4v) is 2.43. The number of hydrogen-bond donors (Lipinski definition) is 1. The first-order valence-corrected chi connectivity index (χ1v) is 9.15. The minimum absolute atomic E-state index is 0.0883. The molecule has 0 fully saturated rings. The molecule has 0 aromatic heterocycles. The highest BCUT2D eigenvalue weighted by Gasteiger charge is 2.07. The summed E-state index contributed by atoms with van der Waals surface area (Å²) < 4.78 is 27.8. The van der Waals surface area contributed by atoms with Gasteiger partial charge in [-0.3, -0.25) is 0 Å². The smallest absolute Gasteiger partial charge is 0.150 e. The lowest BCUT2D eigenvalue weighted by Crippen LogP contribution is -2.14. The molecule has 1 aliphatic rings. The standard InChI is InChI=1S/C20H24N2O6/c23-16-5-6-18-20(15-16)28-14-12-26-10-8-24-7-9-25-11-13-27-19-4-2-1-3-17(19)21-22-18/h1-6,15,23H,7-14H2. The Morgan fingerprint density at radius 2 is 1.14 bits per heavy atom. The lowest BCUT2D eigenvalue weighted by molar-refractivity contribution is 0.00505. The Hall–Kier alpha value is -2.68. The van der Waals surface area contributed by atoms with Gasteiger partial charge in [0, 0.05) is 6.07 Å². The van der Waals surface area contributed by atoms with Crippen molar-refractivity contribution in [1.82, 2.24) is 0 Å². The van der Waals surface area contributed by atoms with Crippen molar-refractivity contribution in [2.24, 2.45) is 10.2 Å². The largest absolute Gasteiger partial charge is 0.508 e. The van der Waals surface area contributed by atoms with E-state index in [2.05, 4.69) is 10.2 Å². The Labute approximate surface area is 163 Å². The third kappa shape index (κ3) is 6.49. The van der Waals surface area contributed by atoms with Gasteiger partial charge in [-0.25, -0.2) is 0 Å². The number of rotatable bonds is 0. The molecule has 0 saturated heterocycles. The number of nitrogens with zero attached hydrogens (tertiary/aromatic N) is 2. The Morgan fingerprint density at radius 1 is 0.607 bits per heavy atom. The van der Waals surface area contributed by atoms with E-state index in [-0.39, 0.29) is 5.75 Å². The van der Waals surface area contributed by atoms with Crippen LogP contribution in [-0.2, 0) is 14.2 Å². The van der Waals surface area contributed by atoms with Crippen molar-refractivity contribution in [1.29, 1.82) is 0 Å². The quantitative estimate of drug-likeness (QED) is 0.741. The molecule has 0 saturated carbocycles. The maximum absolute atomic E-state index is 9.74. The van der Waals surface area contributed by atoms with E-state index in [0.717, 1.165) is 0 Å². The molecular weight excluding hydrogens is 364 g/mol. The first kappa shape index (κ1) is 20.1. The van der Waals surface area contributed by atoms with Crippen LogP contribution in [0.5, 0.6) is 17.2 Å². The minimum Gasteiger partial charge on any atom is -0.508 e. The van der Waals surface area contributed by atoms with E-state index < -0.39 is 0 Å². The topological polar surface area (TPSA) is 91.1 Å². The minimum atomic E-state index is 0.0883. The zero-order valence-electron chi connectivity index (χ0n) is 15.6. The van der Waals surface area contributed by atoms with E-state index in [4.69, 9.17) is 23.7 Å². The molecule has 0 spiro atoms. The van der Waals surface area contributed by atoms with Crippen molar-refractivity contribution in [2.45, 2.75) is 0 Å². The van der Waals surface area contributed by atoms with Gasteiger partial charge < -0.3 is 28.8 Å². The fourth-order valence-electron chi connectivity index (χ4n) is 2.43. The Morgan fingerprint density at radius 3 is 1.82 bits per heavy atom. The van der Waals surface area contributed by atoms with Gasteiger partial charge in [0.2, 0.25) is 0 Å².